The minimum Gasteiger partial charge on any atom is -0.331 e. The fourth-order valence-electron chi connectivity index (χ4n) is 2.17. The van der Waals surface area contributed by atoms with Crippen molar-refractivity contribution < 1.29 is 9.59 Å². The lowest BCUT2D eigenvalue weighted by atomic mass is 10.1. The van der Waals surface area contributed by atoms with Gasteiger partial charge in [-0.3, -0.25) is 9.59 Å². The van der Waals surface area contributed by atoms with Crippen molar-refractivity contribution in [2.45, 2.75) is 32.2 Å². The molecule has 4 nitrogen and oxygen atoms in total. The SMILES string of the molecule is CCN(C(=O)C1=NC=CCC1=O)C1C=CCC1. The van der Waals surface area contributed by atoms with Crippen LogP contribution in [0.2, 0.25) is 0 Å². The number of nitrogens with zero attached hydrogens (tertiary/aromatic N) is 2. The molecular weight excluding hydrogens is 216 g/mol. The van der Waals surface area contributed by atoms with Crippen LogP contribution in [0.3, 0.4) is 0 Å². The monoisotopic (exact) mass is 232 g/mol. The van der Waals surface area contributed by atoms with Gasteiger partial charge in [0.15, 0.2) is 11.5 Å². The van der Waals surface area contributed by atoms with Crippen molar-refractivity contribution in [2.24, 2.45) is 4.99 Å². The van der Waals surface area contributed by atoms with Crippen LogP contribution in [0, 0.1) is 0 Å². The van der Waals surface area contributed by atoms with Crippen LogP contribution in [0.25, 0.3) is 0 Å². The number of allylic oxidation sites excluding steroid dienone is 2. The second kappa shape index (κ2) is 5.08. The lowest BCUT2D eigenvalue weighted by Crippen LogP contribution is -2.44. The Morgan fingerprint density at radius 2 is 2.35 bits per heavy atom. The Kier molecular flexibility index (Phi) is 3.52. The average Bonchev–Trinajstić information content (AvgIpc) is 2.84. The highest BCUT2D eigenvalue weighted by atomic mass is 16.2. The first-order valence-electron chi connectivity index (χ1n) is 5.97. The Morgan fingerprint density at radius 1 is 1.53 bits per heavy atom. The quantitative estimate of drug-likeness (QED) is 0.692. The smallest absolute Gasteiger partial charge is 0.276 e. The maximum atomic E-state index is 12.2. The first-order valence-corrected chi connectivity index (χ1v) is 5.97. The number of hydrogen-bond acceptors (Lipinski definition) is 3. The van der Waals surface area contributed by atoms with Gasteiger partial charge in [0, 0.05) is 19.2 Å². The van der Waals surface area contributed by atoms with Crippen LogP contribution in [-0.2, 0) is 9.59 Å². The number of likely N-dealkylation sites (N-methyl/N-ethyl adjacent to an activating group) is 1. The molecule has 4 heteroatoms. The number of rotatable bonds is 3. The van der Waals surface area contributed by atoms with Crippen molar-refractivity contribution in [3.8, 4) is 0 Å². The van der Waals surface area contributed by atoms with E-state index in [1.807, 2.05) is 13.0 Å². The number of Topliss-reactive ketones (excluding diaryl/α,β-unsaturated/α-hetero) is 1. The highest BCUT2D eigenvalue weighted by Gasteiger charge is 2.29. The fraction of sp³-hybridized carbons (Fsp3) is 0.462. The molecule has 90 valence electrons. The van der Waals surface area contributed by atoms with Crippen LogP contribution >= 0.6 is 0 Å². The van der Waals surface area contributed by atoms with E-state index in [0.29, 0.717) is 6.54 Å². The molecule has 0 spiro atoms. The Labute approximate surface area is 101 Å². The zero-order chi connectivity index (χ0) is 12.3. The highest BCUT2D eigenvalue weighted by Crippen LogP contribution is 2.17. The molecule has 1 aliphatic heterocycles. The molecular formula is C13H16N2O2. The van der Waals surface area contributed by atoms with E-state index in [2.05, 4.69) is 11.1 Å². The zero-order valence-electron chi connectivity index (χ0n) is 9.93. The Balaban J connectivity index is 2.16. The van der Waals surface area contributed by atoms with Crippen LogP contribution in [0.4, 0.5) is 0 Å². The lowest BCUT2D eigenvalue weighted by Gasteiger charge is -2.27. The van der Waals surface area contributed by atoms with Gasteiger partial charge in [0.05, 0.1) is 6.04 Å². The molecule has 0 saturated carbocycles. The van der Waals surface area contributed by atoms with E-state index in [1.165, 1.54) is 6.20 Å². The third-order valence-electron chi connectivity index (χ3n) is 3.07. The van der Waals surface area contributed by atoms with Gasteiger partial charge in [0.2, 0.25) is 0 Å². The molecule has 2 aliphatic rings. The van der Waals surface area contributed by atoms with E-state index >= 15 is 0 Å². The van der Waals surface area contributed by atoms with E-state index in [-0.39, 0.29) is 29.9 Å². The number of carbonyl (C=O) groups is 2. The minimum absolute atomic E-state index is 0.0784. The van der Waals surface area contributed by atoms with Crippen molar-refractivity contribution in [2.75, 3.05) is 6.54 Å². The minimum atomic E-state index is -0.238. The lowest BCUT2D eigenvalue weighted by molar-refractivity contribution is -0.126. The van der Waals surface area contributed by atoms with Crippen molar-refractivity contribution in [1.29, 1.82) is 0 Å². The van der Waals surface area contributed by atoms with Crippen LogP contribution < -0.4 is 0 Å². The van der Waals surface area contributed by atoms with Crippen molar-refractivity contribution in [3.05, 3.63) is 24.4 Å². The molecule has 1 atom stereocenters. The summed E-state index contributed by atoms with van der Waals surface area (Å²) >= 11 is 0. The molecule has 17 heavy (non-hydrogen) atoms. The number of hydrogen-bond donors (Lipinski definition) is 0. The largest absolute Gasteiger partial charge is 0.331 e. The molecule has 0 bridgehead atoms. The number of aliphatic imine (C=N–C) groups is 1. The molecule has 1 amide bonds. The van der Waals surface area contributed by atoms with Gasteiger partial charge in [0.25, 0.3) is 5.91 Å². The second-order valence-electron chi connectivity index (χ2n) is 4.15. The predicted molar refractivity (Wildman–Crippen MR) is 65.7 cm³/mol. The summed E-state index contributed by atoms with van der Waals surface area (Å²) in [6.07, 6.45) is 9.53. The molecule has 0 aromatic heterocycles. The summed E-state index contributed by atoms with van der Waals surface area (Å²) in [4.78, 5) is 29.5. The first-order chi connectivity index (χ1) is 8.24. The summed E-state index contributed by atoms with van der Waals surface area (Å²) in [5, 5.41) is 0. The summed E-state index contributed by atoms with van der Waals surface area (Å²) in [6.45, 7) is 2.53. The number of ketones is 1. The van der Waals surface area contributed by atoms with Crippen LogP contribution in [0.1, 0.15) is 26.2 Å². The Morgan fingerprint density at radius 3 is 2.94 bits per heavy atom. The maximum absolute atomic E-state index is 12.2. The van der Waals surface area contributed by atoms with Crippen LogP contribution in [0.15, 0.2) is 29.4 Å². The van der Waals surface area contributed by atoms with Crippen molar-refractivity contribution >= 4 is 17.4 Å². The third-order valence-corrected chi connectivity index (χ3v) is 3.07. The van der Waals surface area contributed by atoms with Gasteiger partial charge >= 0.3 is 0 Å². The highest BCUT2D eigenvalue weighted by molar-refractivity contribution is 6.66. The summed E-state index contributed by atoms with van der Waals surface area (Å²) in [5.74, 6) is -0.420. The van der Waals surface area contributed by atoms with E-state index in [4.69, 9.17) is 0 Å². The number of carbonyl (C=O) groups excluding carboxylic acids is 2. The Bertz CT molecular complexity index is 421. The summed E-state index contributed by atoms with van der Waals surface area (Å²) in [6, 6.07) is 0.119. The summed E-state index contributed by atoms with van der Waals surface area (Å²) in [7, 11) is 0. The fourth-order valence-corrected chi connectivity index (χ4v) is 2.17. The molecule has 0 radical (unpaired) electrons. The normalized spacial score (nSPS) is 22.8. The number of amides is 1. The molecule has 0 N–H and O–H groups in total. The molecule has 1 heterocycles. The molecule has 0 saturated heterocycles. The van der Waals surface area contributed by atoms with Gasteiger partial charge in [-0.05, 0) is 19.8 Å². The van der Waals surface area contributed by atoms with E-state index in [1.54, 1.807) is 11.0 Å². The van der Waals surface area contributed by atoms with E-state index in [0.717, 1.165) is 12.8 Å². The van der Waals surface area contributed by atoms with Gasteiger partial charge in [-0.1, -0.05) is 18.2 Å². The molecule has 0 fully saturated rings. The standard InChI is InChI=1S/C13H16N2O2/c1-2-15(10-6-3-4-7-10)13(17)12-11(16)8-5-9-14-12/h3,5-6,9-10H,2,4,7-8H2,1H3. The van der Waals surface area contributed by atoms with Crippen molar-refractivity contribution in [1.82, 2.24) is 4.90 Å². The molecule has 0 aromatic rings. The van der Waals surface area contributed by atoms with Gasteiger partial charge in [0.1, 0.15) is 0 Å². The van der Waals surface area contributed by atoms with Gasteiger partial charge < -0.3 is 4.90 Å². The second-order valence-corrected chi connectivity index (χ2v) is 4.15. The Hall–Kier alpha value is -1.71. The van der Waals surface area contributed by atoms with Gasteiger partial charge in [-0.2, -0.15) is 0 Å². The zero-order valence-corrected chi connectivity index (χ0v) is 9.93. The molecule has 1 aliphatic carbocycles. The molecule has 0 aromatic carbocycles. The third kappa shape index (κ3) is 2.35. The van der Waals surface area contributed by atoms with Crippen molar-refractivity contribution in [3.63, 3.8) is 0 Å². The molecule has 2 rings (SSSR count). The van der Waals surface area contributed by atoms with E-state index in [9.17, 15) is 9.59 Å². The first kappa shape index (κ1) is 11.8. The average molecular weight is 232 g/mol. The topological polar surface area (TPSA) is 49.7 Å². The van der Waals surface area contributed by atoms with Gasteiger partial charge in [-0.15, -0.1) is 0 Å². The van der Waals surface area contributed by atoms with E-state index < -0.39 is 0 Å². The summed E-state index contributed by atoms with van der Waals surface area (Å²) < 4.78 is 0. The van der Waals surface area contributed by atoms with Gasteiger partial charge in [-0.25, -0.2) is 4.99 Å². The maximum Gasteiger partial charge on any atom is 0.276 e. The van der Waals surface area contributed by atoms with Crippen LogP contribution in [0.5, 0.6) is 0 Å². The van der Waals surface area contributed by atoms with Crippen LogP contribution in [-0.4, -0.2) is 34.9 Å². The predicted octanol–water partition coefficient (Wildman–Crippen LogP) is 1.48. The summed E-state index contributed by atoms with van der Waals surface area (Å²) in [5.41, 5.74) is 0.0784. The molecule has 1 unspecified atom stereocenters.